The largest absolute Gasteiger partial charge is 0.493 e. The Kier molecular flexibility index (Phi) is 7.50. The number of β-amino-alcohol motifs (C(OH)–C–C–N with tert-alkyl or cyclic N) is 1. The van der Waals surface area contributed by atoms with Crippen LogP contribution in [-0.2, 0) is 6.54 Å². The summed E-state index contributed by atoms with van der Waals surface area (Å²) in [5.74, 6) is 0.889. The van der Waals surface area contributed by atoms with E-state index in [0.717, 1.165) is 6.54 Å². The predicted octanol–water partition coefficient (Wildman–Crippen LogP) is 0.704. The van der Waals surface area contributed by atoms with Gasteiger partial charge in [0.05, 0.1) is 31.3 Å². The standard InChI is InChI=1S/C14H21N3O5.ClH/c1-21-13-3-9(11(17(19)20)4-14(13)22-2)5-15-6-10-7-16-8-12(10)18;/h3-4,10,12,15-16,18H,5-8H2,1-2H3;1H. The van der Waals surface area contributed by atoms with E-state index in [4.69, 9.17) is 9.47 Å². The maximum Gasteiger partial charge on any atom is 0.277 e. The molecule has 0 bridgehead atoms. The van der Waals surface area contributed by atoms with Gasteiger partial charge in [-0.1, -0.05) is 0 Å². The lowest BCUT2D eigenvalue weighted by Crippen LogP contribution is -2.30. The number of hydrogen-bond acceptors (Lipinski definition) is 7. The third-order valence-electron chi connectivity index (χ3n) is 3.81. The van der Waals surface area contributed by atoms with Crippen LogP contribution in [0.4, 0.5) is 5.69 Å². The van der Waals surface area contributed by atoms with Gasteiger partial charge in [0.25, 0.3) is 5.69 Å². The highest BCUT2D eigenvalue weighted by Crippen LogP contribution is 2.34. The summed E-state index contributed by atoms with van der Waals surface area (Å²) in [5, 5.41) is 27.2. The van der Waals surface area contributed by atoms with Gasteiger partial charge in [0.1, 0.15) is 0 Å². The summed E-state index contributed by atoms with van der Waals surface area (Å²) >= 11 is 0. The number of ether oxygens (including phenoxy) is 2. The van der Waals surface area contributed by atoms with Gasteiger partial charge in [-0.15, -0.1) is 12.4 Å². The first kappa shape index (κ1) is 19.4. The second kappa shape index (κ2) is 8.88. The van der Waals surface area contributed by atoms with Crippen LogP contribution in [0.5, 0.6) is 11.5 Å². The third-order valence-corrected chi connectivity index (χ3v) is 3.81. The molecule has 130 valence electrons. The van der Waals surface area contributed by atoms with Crippen LogP contribution in [0.1, 0.15) is 5.56 Å². The van der Waals surface area contributed by atoms with Gasteiger partial charge in [-0.05, 0) is 6.07 Å². The lowest BCUT2D eigenvalue weighted by atomic mass is 10.1. The molecule has 0 aromatic heterocycles. The van der Waals surface area contributed by atoms with Gasteiger partial charge in [-0.25, -0.2) is 0 Å². The summed E-state index contributed by atoms with van der Waals surface area (Å²) in [5.41, 5.74) is 0.498. The molecule has 0 saturated carbocycles. The van der Waals surface area contributed by atoms with Gasteiger partial charge in [-0.3, -0.25) is 10.1 Å². The van der Waals surface area contributed by atoms with Crippen molar-refractivity contribution in [3.8, 4) is 11.5 Å². The summed E-state index contributed by atoms with van der Waals surface area (Å²) in [7, 11) is 2.93. The van der Waals surface area contributed by atoms with Crippen molar-refractivity contribution in [3.63, 3.8) is 0 Å². The number of nitro groups is 1. The lowest BCUT2D eigenvalue weighted by Gasteiger charge is -2.15. The fourth-order valence-corrected chi connectivity index (χ4v) is 2.54. The Balaban J connectivity index is 0.00000264. The number of aliphatic hydroxyl groups excluding tert-OH is 1. The van der Waals surface area contributed by atoms with E-state index in [1.54, 1.807) is 6.07 Å². The maximum absolute atomic E-state index is 11.2. The Morgan fingerprint density at radius 1 is 1.35 bits per heavy atom. The highest BCUT2D eigenvalue weighted by molar-refractivity contribution is 5.85. The molecule has 2 unspecified atom stereocenters. The highest BCUT2D eigenvalue weighted by atomic mass is 35.5. The van der Waals surface area contributed by atoms with Crippen molar-refractivity contribution in [2.24, 2.45) is 5.92 Å². The number of benzene rings is 1. The first-order valence-electron chi connectivity index (χ1n) is 7.05. The number of halogens is 1. The zero-order valence-electron chi connectivity index (χ0n) is 13.1. The fourth-order valence-electron chi connectivity index (χ4n) is 2.54. The monoisotopic (exact) mass is 347 g/mol. The molecule has 1 aromatic carbocycles. The Labute approximate surface area is 140 Å². The number of nitrogens with zero attached hydrogens (tertiary/aromatic N) is 1. The summed E-state index contributed by atoms with van der Waals surface area (Å²) in [6.07, 6.45) is -0.382. The van der Waals surface area contributed by atoms with E-state index in [2.05, 4.69) is 10.6 Å². The average Bonchev–Trinajstić information content (AvgIpc) is 2.91. The molecule has 0 radical (unpaired) electrons. The molecule has 8 nitrogen and oxygen atoms in total. The van der Waals surface area contributed by atoms with Crippen LogP contribution in [0.25, 0.3) is 0 Å². The summed E-state index contributed by atoms with van der Waals surface area (Å²) in [6, 6.07) is 2.97. The highest BCUT2D eigenvalue weighted by Gasteiger charge is 2.25. The molecule has 0 aliphatic carbocycles. The van der Waals surface area contributed by atoms with Crippen molar-refractivity contribution in [3.05, 3.63) is 27.8 Å². The normalized spacial score (nSPS) is 20.0. The number of rotatable bonds is 7. The van der Waals surface area contributed by atoms with Gasteiger partial charge in [0.2, 0.25) is 0 Å². The molecule has 1 saturated heterocycles. The Morgan fingerprint density at radius 3 is 2.52 bits per heavy atom. The zero-order chi connectivity index (χ0) is 16.1. The molecule has 0 amide bonds. The second-order valence-electron chi connectivity index (χ2n) is 5.21. The fraction of sp³-hybridized carbons (Fsp3) is 0.571. The minimum absolute atomic E-state index is 0. The molecule has 1 fully saturated rings. The van der Waals surface area contributed by atoms with Gasteiger partial charge in [0.15, 0.2) is 11.5 Å². The van der Waals surface area contributed by atoms with Crippen molar-refractivity contribution >= 4 is 18.1 Å². The predicted molar refractivity (Wildman–Crippen MR) is 87.5 cm³/mol. The van der Waals surface area contributed by atoms with E-state index in [9.17, 15) is 15.2 Å². The maximum atomic E-state index is 11.2. The van der Waals surface area contributed by atoms with E-state index in [-0.39, 0.29) is 30.1 Å². The van der Waals surface area contributed by atoms with Crippen LogP contribution >= 0.6 is 12.4 Å². The molecule has 1 aliphatic heterocycles. The molecule has 0 spiro atoms. The molecule has 1 heterocycles. The molecular formula is C14H22ClN3O5. The van der Waals surface area contributed by atoms with Crippen LogP contribution < -0.4 is 20.1 Å². The van der Waals surface area contributed by atoms with Crippen LogP contribution in [0, 0.1) is 16.0 Å². The second-order valence-corrected chi connectivity index (χ2v) is 5.21. The SMILES string of the molecule is COc1cc(CNCC2CNCC2O)c([N+](=O)[O-])cc1OC.Cl. The minimum Gasteiger partial charge on any atom is -0.493 e. The molecule has 2 rings (SSSR count). The van der Waals surface area contributed by atoms with E-state index in [0.29, 0.717) is 36.7 Å². The van der Waals surface area contributed by atoms with Gasteiger partial charge in [0, 0.05) is 37.7 Å². The number of nitrogens with one attached hydrogen (secondary N) is 2. The van der Waals surface area contributed by atoms with Crippen molar-refractivity contribution in [1.82, 2.24) is 10.6 Å². The first-order chi connectivity index (χ1) is 10.6. The summed E-state index contributed by atoms with van der Waals surface area (Å²) in [6.45, 7) is 2.23. The van der Waals surface area contributed by atoms with Crippen molar-refractivity contribution < 1.29 is 19.5 Å². The molecule has 2 atom stereocenters. The van der Waals surface area contributed by atoms with Gasteiger partial charge >= 0.3 is 0 Å². The van der Waals surface area contributed by atoms with Crippen LogP contribution in [0.2, 0.25) is 0 Å². The number of methoxy groups -OCH3 is 2. The molecule has 23 heavy (non-hydrogen) atoms. The number of nitro benzene ring substituents is 1. The minimum atomic E-state index is -0.440. The molecular weight excluding hydrogens is 326 g/mol. The van der Waals surface area contributed by atoms with Gasteiger partial charge < -0.3 is 25.2 Å². The molecule has 1 aliphatic rings. The molecule has 9 heteroatoms. The first-order valence-corrected chi connectivity index (χ1v) is 7.05. The summed E-state index contributed by atoms with van der Waals surface area (Å²) < 4.78 is 10.3. The van der Waals surface area contributed by atoms with Gasteiger partial charge in [-0.2, -0.15) is 0 Å². The quantitative estimate of drug-likeness (QED) is 0.492. The van der Waals surface area contributed by atoms with Crippen molar-refractivity contribution in [2.75, 3.05) is 33.9 Å². The Bertz CT molecular complexity index is 543. The Hall–Kier alpha value is -1.61. The Morgan fingerprint density at radius 2 is 2.00 bits per heavy atom. The topological polar surface area (TPSA) is 106 Å². The lowest BCUT2D eigenvalue weighted by molar-refractivity contribution is -0.385. The summed E-state index contributed by atoms with van der Waals surface area (Å²) in [4.78, 5) is 10.8. The van der Waals surface area contributed by atoms with Crippen LogP contribution in [0.15, 0.2) is 12.1 Å². The zero-order valence-corrected chi connectivity index (χ0v) is 13.9. The van der Waals surface area contributed by atoms with Crippen LogP contribution in [-0.4, -0.2) is 50.0 Å². The number of aliphatic hydroxyl groups is 1. The van der Waals surface area contributed by atoms with E-state index < -0.39 is 4.92 Å². The van der Waals surface area contributed by atoms with E-state index in [1.807, 2.05) is 0 Å². The van der Waals surface area contributed by atoms with E-state index in [1.165, 1.54) is 20.3 Å². The average molecular weight is 348 g/mol. The number of hydrogen-bond donors (Lipinski definition) is 3. The molecule has 1 aromatic rings. The van der Waals surface area contributed by atoms with Crippen LogP contribution in [0.3, 0.4) is 0 Å². The third kappa shape index (κ3) is 4.68. The molecule has 3 N–H and O–H groups in total. The smallest absolute Gasteiger partial charge is 0.277 e. The van der Waals surface area contributed by atoms with E-state index >= 15 is 0 Å². The van der Waals surface area contributed by atoms with Crippen molar-refractivity contribution in [2.45, 2.75) is 12.6 Å². The van der Waals surface area contributed by atoms with Crippen molar-refractivity contribution in [1.29, 1.82) is 0 Å².